The average molecular weight is 474 g/mol. The van der Waals surface area contributed by atoms with Gasteiger partial charge in [0.2, 0.25) is 0 Å². The van der Waals surface area contributed by atoms with Gasteiger partial charge in [-0.05, 0) is 62.7 Å². The van der Waals surface area contributed by atoms with Crippen molar-refractivity contribution in [1.82, 2.24) is 0 Å². The number of nitrogens with zero attached hydrogens (tertiary/aromatic N) is 3. The lowest BCUT2D eigenvalue weighted by molar-refractivity contribution is -0.113. The van der Waals surface area contributed by atoms with E-state index in [0.717, 1.165) is 10.0 Å². The molecule has 4 rings (SSSR count). The van der Waals surface area contributed by atoms with Crippen LogP contribution >= 0.6 is 15.9 Å². The molecule has 0 atom stereocenters. The quantitative estimate of drug-likeness (QED) is 0.264. The van der Waals surface area contributed by atoms with Crippen molar-refractivity contribution >= 4 is 44.6 Å². The van der Waals surface area contributed by atoms with Gasteiger partial charge in [0.15, 0.2) is 0 Å². The van der Waals surface area contributed by atoms with E-state index in [-0.39, 0.29) is 16.9 Å². The molecule has 0 aliphatic carbocycles. The Morgan fingerprint density at radius 3 is 2.32 bits per heavy atom. The van der Waals surface area contributed by atoms with Gasteiger partial charge in [-0.3, -0.25) is 9.69 Å². The van der Waals surface area contributed by atoms with Crippen LogP contribution in [0.1, 0.15) is 42.3 Å². The van der Waals surface area contributed by atoms with Crippen LogP contribution in [0.3, 0.4) is 0 Å². The number of carbonyl (C=O) groups excluding carboxylic acids is 2. The van der Waals surface area contributed by atoms with Crippen LogP contribution in [0.5, 0.6) is 5.75 Å². The number of amides is 1. The monoisotopic (exact) mass is 473 g/mol. The zero-order chi connectivity index (χ0) is 22.5. The number of benzene rings is 2. The molecule has 0 saturated heterocycles. The van der Waals surface area contributed by atoms with Crippen molar-refractivity contribution < 1.29 is 14.3 Å². The Morgan fingerprint density at radius 1 is 1.10 bits per heavy atom. The summed E-state index contributed by atoms with van der Waals surface area (Å²) >= 11 is 3.33. The molecule has 2 aromatic carbocycles. The maximum absolute atomic E-state index is 13.3. The number of hydrogen-bond acceptors (Lipinski definition) is 5. The van der Waals surface area contributed by atoms with Crippen molar-refractivity contribution in [3.63, 3.8) is 0 Å². The van der Waals surface area contributed by atoms with Crippen LogP contribution in [-0.4, -0.2) is 17.4 Å². The van der Waals surface area contributed by atoms with Gasteiger partial charge in [-0.2, -0.15) is 10.5 Å². The first-order valence-corrected chi connectivity index (χ1v) is 10.2. The number of esters is 1. The Morgan fingerprint density at radius 2 is 1.71 bits per heavy atom. The summed E-state index contributed by atoms with van der Waals surface area (Å²) in [5.41, 5.74) is 2.14. The Hall–Kier alpha value is -3.68. The Balaban J connectivity index is 1.90. The molecule has 0 spiro atoms. The SMILES string of the molecule is CC1=CC(C)(C)N2C(=O)C(=C(C#N)C#N)c3cc(OC(=O)c4ccc(Br)cc4)cc1c32. The molecule has 0 unspecified atom stereocenters. The lowest BCUT2D eigenvalue weighted by Crippen LogP contribution is -2.46. The van der Waals surface area contributed by atoms with E-state index in [4.69, 9.17) is 4.74 Å². The topological polar surface area (TPSA) is 94.2 Å². The Kier molecular flexibility index (Phi) is 4.80. The lowest BCUT2D eigenvalue weighted by Gasteiger charge is -2.38. The fraction of sp³-hybridized carbons (Fsp3) is 0.167. The van der Waals surface area contributed by atoms with E-state index in [2.05, 4.69) is 15.9 Å². The van der Waals surface area contributed by atoms with Gasteiger partial charge in [0.25, 0.3) is 5.91 Å². The summed E-state index contributed by atoms with van der Waals surface area (Å²) in [6, 6.07) is 13.6. The van der Waals surface area contributed by atoms with Gasteiger partial charge in [-0.15, -0.1) is 0 Å². The molecule has 1 amide bonds. The molecule has 2 aromatic rings. The highest BCUT2D eigenvalue weighted by molar-refractivity contribution is 9.10. The van der Waals surface area contributed by atoms with Crippen LogP contribution in [0.25, 0.3) is 11.1 Å². The summed E-state index contributed by atoms with van der Waals surface area (Å²) < 4.78 is 6.44. The van der Waals surface area contributed by atoms with Gasteiger partial charge < -0.3 is 4.74 Å². The summed E-state index contributed by atoms with van der Waals surface area (Å²) in [6.45, 7) is 5.70. The standard InChI is InChI=1S/C24H16BrN3O3/c1-13-10-24(2,3)28-21-18(13)8-17(31-23(30)14-4-6-16(25)7-5-14)9-19(21)20(22(28)29)15(11-26)12-27/h4-10H,1-3H3. The highest BCUT2D eigenvalue weighted by Gasteiger charge is 2.46. The molecule has 0 N–H and O–H groups in total. The molecule has 2 aliphatic heterocycles. The van der Waals surface area contributed by atoms with E-state index in [9.17, 15) is 20.1 Å². The summed E-state index contributed by atoms with van der Waals surface area (Å²) in [5, 5.41) is 18.9. The van der Waals surface area contributed by atoms with Crippen molar-refractivity contribution in [1.29, 1.82) is 10.5 Å². The second kappa shape index (κ2) is 7.23. The van der Waals surface area contributed by atoms with Crippen LogP contribution in [-0.2, 0) is 4.79 Å². The number of ether oxygens (including phenoxy) is 1. The zero-order valence-corrected chi connectivity index (χ0v) is 18.6. The summed E-state index contributed by atoms with van der Waals surface area (Å²) in [5.74, 6) is -0.735. The molecule has 6 nitrogen and oxygen atoms in total. The molecule has 2 aliphatic rings. The highest BCUT2D eigenvalue weighted by atomic mass is 79.9. The third-order valence-electron chi connectivity index (χ3n) is 5.33. The molecule has 0 saturated carbocycles. The van der Waals surface area contributed by atoms with Gasteiger partial charge >= 0.3 is 5.97 Å². The third-order valence-corrected chi connectivity index (χ3v) is 5.86. The molecule has 0 radical (unpaired) electrons. The maximum atomic E-state index is 13.3. The van der Waals surface area contributed by atoms with E-state index in [0.29, 0.717) is 22.4 Å². The van der Waals surface area contributed by atoms with E-state index < -0.39 is 17.4 Å². The number of rotatable bonds is 2. The van der Waals surface area contributed by atoms with E-state index in [1.54, 1.807) is 41.3 Å². The largest absolute Gasteiger partial charge is 0.423 e. The Bertz CT molecular complexity index is 1290. The van der Waals surface area contributed by atoms with Gasteiger partial charge in [0.1, 0.15) is 23.5 Å². The van der Waals surface area contributed by atoms with Crippen LogP contribution in [0.2, 0.25) is 0 Å². The van der Waals surface area contributed by atoms with Crippen molar-refractivity contribution in [2.45, 2.75) is 26.3 Å². The minimum Gasteiger partial charge on any atom is -0.423 e. The number of allylic oxidation sites excluding steroid dienone is 2. The van der Waals surface area contributed by atoms with Crippen LogP contribution in [0, 0.1) is 22.7 Å². The number of carbonyl (C=O) groups is 2. The van der Waals surface area contributed by atoms with Gasteiger partial charge in [0.05, 0.1) is 22.4 Å². The molecule has 0 fully saturated rings. The molecule has 152 valence electrons. The van der Waals surface area contributed by atoms with Crippen LogP contribution in [0.4, 0.5) is 5.69 Å². The van der Waals surface area contributed by atoms with E-state index in [1.165, 1.54) is 0 Å². The molecule has 0 aromatic heterocycles. The zero-order valence-electron chi connectivity index (χ0n) is 17.0. The fourth-order valence-electron chi connectivity index (χ4n) is 4.08. The normalized spacial score (nSPS) is 15.5. The fourth-order valence-corrected chi connectivity index (χ4v) is 4.34. The molecular formula is C24H16BrN3O3. The second-order valence-corrected chi connectivity index (χ2v) is 8.77. The third kappa shape index (κ3) is 3.24. The molecule has 7 heteroatoms. The highest BCUT2D eigenvalue weighted by Crippen LogP contribution is 2.51. The maximum Gasteiger partial charge on any atom is 0.343 e. The molecule has 31 heavy (non-hydrogen) atoms. The number of anilines is 1. The van der Waals surface area contributed by atoms with Gasteiger partial charge in [-0.1, -0.05) is 22.0 Å². The van der Waals surface area contributed by atoms with Crippen LogP contribution in [0.15, 0.2) is 52.5 Å². The van der Waals surface area contributed by atoms with Crippen molar-refractivity contribution in [2.24, 2.45) is 0 Å². The number of nitriles is 2. The summed E-state index contributed by atoms with van der Waals surface area (Å²) in [6.07, 6.45) is 1.94. The molecule has 0 bridgehead atoms. The molecular weight excluding hydrogens is 458 g/mol. The van der Waals surface area contributed by atoms with Crippen LogP contribution < -0.4 is 9.64 Å². The average Bonchev–Trinajstić information content (AvgIpc) is 3.01. The lowest BCUT2D eigenvalue weighted by atomic mass is 9.88. The number of hydrogen-bond donors (Lipinski definition) is 0. The minimum atomic E-state index is -0.643. The molecule has 2 heterocycles. The minimum absolute atomic E-state index is 0.0268. The van der Waals surface area contributed by atoms with Crippen molar-refractivity contribution in [3.8, 4) is 17.9 Å². The smallest absolute Gasteiger partial charge is 0.343 e. The second-order valence-electron chi connectivity index (χ2n) is 7.86. The Labute approximate surface area is 187 Å². The van der Waals surface area contributed by atoms with Gasteiger partial charge in [0, 0.05) is 15.6 Å². The van der Waals surface area contributed by atoms with Gasteiger partial charge in [-0.25, -0.2) is 4.79 Å². The first-order valence-electron chi connectivity index (χ1n) is 9.43. The van der Waals surface area contributed by atoms with Crippen molar-refractivity contribution in [3.05, 3.63) is 69.2 Å². The predicted molar refractivity (Wildman–Crippen MR) is 119 cm³/mol. The number of halogens is 1. The first kappa shape index (κ1) is 20.6. The van der Waals surface area contributed by atoms with Crippen molar-refractivity contribution in [2.75, 3.05) is 4.90 Å². The predicted octanol–water partition coefficient (Wildman–Crippen LogP) is 5.01. The van der Waals surface area contributed by atoms with E-state index >= 15 is 0 Å². The summed E-state index contributed by atoms with van der Waals surface area (Å²) in [7, 11) is 0. The van der Waals surface area contributed by atoms with E-state index in [1.807, 2.05) is 39.0 Å². The first-order chi connectivity index (χ1) is 14.7. The summed E-state index contributed by atoms with van der Waals surface area (Å²) in [4.78, 5) is 27.5.